The van der Waals surface area contributed by atoms with Crippen molar-refractivity contribution in [2.24, 2.45) is 10.3 Å². The van der Waals surface area contributed by atoms with E-state index < -0.39 is 7.12 Å². The van der Waals surface area contributed by atoms with Gasteiger partial charge in [-0.2, -0.15) is 0 Å². The molecule has 0 spiro atoms. The summed E-state index contributed by atoms with van der Waals surface area (Å²) < 4.78 is 0. The van der Waals surface area contributed by atoms with Gasteiger partial charge >= 0.3 is 7.12 Å². The van der Waals surface area contributed by atoms with E-state index >= 15 is 0 Å². The first kappa shape index (κ1) is 7.26. The van der Waals surface area contributed by atoms with Crippen LogP contribution in [0.15, 0.2) is 28.5 Å². The van der Waals surface area contributed by atoms with Gasteiger partial charge in [0.25, 0.3) is 0 Å². The van der Waals surface area contributed by atoms with Gasteiger partial charge < -0.3 is 10.0 Å². The molecule has 0 aliphatic carbocycles. The second kappa shape index (κ2) is 2.58. The Labute approximate surface area is 68.9 Å². The molecule has 0 bridgehead atoms. The van der Waals surface area contributed by atoms with Crippen LogP contribution in [0.4, 0.5) is 11.4 Å². The molecule has 2 N–H and O–H groups in total. The van der Waals surface area contributed by atoms with Gasteiger partial charge in [0.1, 0.15) is 11.4 Å². The van der Waals surface area contributed by atoms with Crippen LogP contribution in [0.5, 0.6) is 0 Å². The SMILES string of the molecule is OB(O)c1ccc2c(c1)[N]N=N2. The first-order chi connectivity index (χ1) is 5.77. The quantitative estimate of drug-likeness (QED) is 0.551. The third-order valence-corrected chi connectivity index (χ3v) is 1.60. The lowest BCUT2D eigenvalue weighted by Crippen LogP contribution is -2.29. The minimum absolute atomic E-state index is 0.393. The molecule has 0 atom stereocenters. The number of benzene rings is 1. The Morgan fingerprint density at radius 2 is 2.00 bits per heavy atom. The highest BCUT2D eigenvalue weighted by molar-refractivity contribution is 6.58. The van der Waals surface area contributed by atoms with Gasteiger partial charge in [-0.15, -0.1) is 10.5 Å². The predicted octanol–water partition coefficient (Wildman–Crippen LogP) is -0.385. The third kappa shape index (κ3) is 1.07. The van der Waals surface area contributed by atoms with Crippen molar-refractivity contribution in [3.8, 4) is 0 Å². The van der Waals surface area contributed by atoms with Crippen LogP contribution in [0.2, 0.25) is 0 Å². The van der Waals surface area contributed by atoms with Crippen LogP contribution in [-0.4, -0.2) is 17.2 Å². The van der Waals surface area contributed by atoms with Crippen molar-refractivity contribution < 1.29 is 10.0 Å². The first-order valence-corrected chi connectivity index (χ1v) is 3.39. The zero-order valence-corrected chi connectivity index (χ0v) is 6.05. The fraction of sp³-hybridized carbons (Fsp3) is 0. The van der Waals surface area contributed by atoms with Gasteiger partial charge in [-0.3, -0.25) is 0 Å². The Morgan fingerprint density at radius 1 is 1.17 bits per heavy atom. The molecule has 0 saturated heterocycles. The molecule has 0 unspecified atom stereocenters. The maximum Gasteiger partial charge on any atom is 0.488 e. The van der Waals surface area contributed by atoms with Crippen molar-refractivity contribution in [1.29, 1.82) is 0 Å². The molecule has 2 rings (SSSR count). The smallest absolute Gasteiger partial charge is 0.423 e. The molecule has 0 amide bonds. The van der Waals surface area contributed by atoms with Crippen molar-refractivity contribution in [3.05, 3.63) is 18.2 Å². The summed E-state index contributed by atoms with van der Waals surface area (Å²) in [6.45, 7) is 0. The monoisotopic (exact) mass is 162 g/mol. The van der Waals surface area contributed by atoms with E-state index in [-0.39, 0.29) is 0 Å². The number of rotatable bonds is 1. The van der Waals surface area contributed by atoms with E-state index in [1.54, 1.807) is 18.2 Å². The molecule has 1 heterocycles. The van der Waals surface area contributed by atoms with E-state index in [9.17, 15) is 0 Å². The zero-order chi connectivity index (χ0) is 8.55. The van der Waals surface area contributed by atoms with E-state index in [0.717, 1.165) is 0 Å². The van der Waals surface area contributed by atoms with Crippen LogP contribution in [0.3, 0.4) is 0 Å². The summed E-state index contributed by atoms with van der Waals surface area (Å²) in [6, 6.07) is 4.76. The van der Waals surface area contributed by atoms with Crippen LogP contribution in [0, 0.1) is 0 Å². The lowest BCUT2D eigenvalue weighted by Gasteiger charge is -1.99. The van der Waals surface area contributed by atoms with Gasteiger partial charge in [0.05, 0.1) is 0 Å². The highest BCUT2D eigenvalue weighted by Crippen LogP contribution is 2.28. The number of hydrogen-bond donors (Lipinski definition) is 2. The lowest BCUT2D eigenvalue weighted by atomic mass is 9.80. The summed E-state index contributed by atoms with van der Waals surface area (Å²) in [5.41, 5.74) is 5.29. The topological polar surface area (TPSA) is 79.3 Å². The third-order valence-electron chi connectivity index (χ3n) is 1.60. The minimum Gasteiger partial charge on any atom is -0.423 e. The van der Waals surface area contributed by atoms with Crippen molar-refractivity contribution >= 4 is 24.0 Å². The van der Waals surface area contributed by atoms with Crippen LogP contribution in [0.25, 0.3) is 0 Å². The lowest BCUT2D eigenvalue weighted by molar-refractivity contribution is 0.426. The first-order valence-electron chi connectivity index (χ1n) is 3.39. The maximum atomic E-state index is 8.81. The molecule has 0 aromatic heterocycles. The summed E-state index contributed by atoms with van der Waals surface area (Å²) in [7, 11) is -1.47. The largest absolute Gasteiger partial charge is 0.488 e. The van der Waals surface area contributed by atoms with E-state index in [1.807, 2.05) is 0 Å². The summed E-state index contributed by atoms with van der Waals surface area (Å²) >= 11 is 0. The summed E-state index contributed by atoms with van der Waals surface area (Å²) in [5, 5.41) is 24.7. The molecule has 1 aliphatic heterocycles. The van der Waals surface area contributed by atoms with Crippen LogP contribution in [-0.2, 0) is 0 Å². The van der Waals surface area contributed by atoms with Gasteiger partial charge in [-0.25, -0.2) is 0 Å². The van der Waals surface area contributed by atoms with Gasteiger partial charge in [0.2, 0.25) is 0 Å². The van der Waals surface area contributed by atoms with Crippen molar-refractivity contribution in [3.63, 3.8) is 0 Å². The maximum absolute atomic E-state index is 8.81. The average molecular weight is 162 g/mol. The Morgan fingerprint density at radius 3 is 2.75 bits per heavy atom. The predicted molar refractivity (Wildman–Crippen MR) is 42.6 cm³/mol. The minimum atomic E-state index is -1.47. The van der Waals surface area contributed by atoms with E-state index in [2.05, 4.69) is 15.8 Å². The second-order valence-corrected chi connectivity index (χ2v) is 2.41. The number of fused-ring (bicyclic) bond motifs is 1. The fourth-order valence-corrected chi connectivity index (χ4v) is 0.984. The molecule has 1 aliphatic rings. The Hall–Kier alpha value is -1.40. The Balaban J connectivity index is 2.42. The van der Waals surface area contributed by atoms with Crippen LogP contribution >= 0.6 is 0 Å². The van der Waals surface area contributed by atoms with Gasteiger partial charge in [-0.05, 0) is 22.8 Å². The highest BCUT2D eigenvalue weighted by Gasteiger charge is 2.15. The van der Waals surface area contributed by atoms with Gasteiger partial charge in [0, 0.05) is 0 Å². The van der Waals surface area contributed by atoms with Crippen molar-refractivity contribution in [2.75, 3.05) is 0 Å². The molecular formula is C6H5BN3O2. The summed E-state index contributed by atoms with van der Waals surface area (Å²) in [5.74, 6) is 0. The Kier molecular flexibility index (Phi) is 1.56. The molecular weight excluding hydrogens is 157 g/mol. The van der Waals surface area contributed by atoms with Gasteiger partial charge in [0.15, 0.2) is 0 Å². The highest BCUT2D eigenvalue weighted by atomic mass is 16.4. The molecule has 0 saturated carbocycles. The molecule has 0 fully saturated rings. The normalized spacial score (nSPS) is 12.5. The van der Waals surface area contributed by atoms with Crippen LogP contribution < -0.4 is 10.9 Å². The molecule has 59 valence electrons. The Bertz CT molecular complexity index is 340. The van der Waals surface area contributed by atoms with Crippen molar-refractivity contribution in [2.45, 2.75) is 0 Å². The standard InChI is InChI=1S/C6H5BN3O2/c11-7(12)4-1-2-5-6(3-4)9-10-8-5/h1-3,11-12H. The zero-order valence-electron chi connectivity index (χ0n) is 6.05. The van der Waals surface area contributed by atoms with Crippen LogP contribution in [0.1, 0.15) is 0 Å². The summed E-state index contributed by atoms with van der Waals surface area (Å²) in [4.78, 5) is 0. The molecule has 1 aromatic rings. The number of hydrogen-bond acceptors (Lipinski definition) is 4. The van der Waals surface area contributed by atoms with E-state index in [0.29, 0.717) is 16.8 Å². The molecule has 5 nitrogen and oxygen atoms in total. The fourth-order valence-electron chi connectivity index (χ4n) is 0.984. The van der Waals surface area contributed by atoms with Crippen molar-refractivity contribution in [1.82, 2.24) is 5.43 Å². The van der Waals surface area contributed by atoms with E-state index in [4.69, 9.17) is 10.0 Å². The second-order valence-electron chi connectivity index (χ2n) is 2.41. The number of nitrogens with zero attached hydrogens (tertiary/aromatic N) is 3. The average Bonchev–Trinajstić information content (AvgIpc) is 2.49. The molecule has 12 heavy (non-hydrogen) atoms. The molecule has 1 aromatic carbocycles. The van der Waals surface area contributed by atoms with Gasteiger partial charge in [-0.1, -0.05) is 6.07 Å². The summed E-state index contributed by atoms with van der Waals surface area (Å²) in [6.07, 6.45) is 0. The molecule has 1 radical (unpaired) electrons. The van der Waals surface area contributed by atoms with E-state index in [1.165, 1.54) is 0 Å². The molecule has 6 heteroatoms.